The average molecular weight is 362 g/mol. The van der Waals surface area contributed by atoms with Gasteiger partial charge in [0.05, 0.1) is 9.95 Å². The largest absolute Gasteiger partial charge is 0.491 e. The summed E-state index contributed by atoms with van der Waals surface area (Å²) >= 11 is 6.08. The second-order valence-corrected chi connectivity index (χ2v) is 6.29. The molecule has 0 spiro atoms. The van der Waals surface area contributed by atoms with E-state index in [1.807, 2.05) is 36.4 Å². The van der Waals surface area contributed by atoms with E-state index in [-0.39, 0.29) is 10.6 Å². The minimum absolute atomic E-state index is 0.124. The van der Waals surface area contributed by atoms with Crippen molar-refractivity contribution in [3.05, 3.63) is 63.7 Å². The number of ether oxygens (including phenoxy) is 1. The Hall–Kier alpha value is -2.31. The van der Waals surface area contributed by atoms with Crippen molar-refractivity contribution in [2.75, 3.05) is 44.2 Å². The molecule has 0 atom stereocenters. The number of hydrogen-bond acceptors (Lipinski definition) is 5. The van der Waals surface area contributed by atoms with E-state index in [1.165, 1.54) is 0 Å². The number of rotatable bonds is 6. The highest BCUT2D eigenvalue weighted by atomic mass is 35.5. The lowest BCUT2D eigenvalue weighted by molar-refractivity contribution is -0.384. The van der Waals surface area contributed by atoms with E-state index in [2.05, 4.69) is 9.80 Å². The van der Waals surface area contributed by atoms with Crippen LogP contribution in [0.15, 0.2) is 48.5 Å². The van der Waals surface area contributed by atoms with Crippen LogP contribution in [0.4, 0.5) is 11.4 Å². The van der Waals surface area contributed by atoms with Crippen LogP contribution in [0, 0.1) is 10.1 Å². The Morgan fingerprint density at radius 1 is 1.04 bits per heavy atom. The lowest BCUT2D eigenvalue weighted by Crippen LogP contribution is -2.47. The van der Waals surface area contributed by atoms with Crippen molar-refractivity contribution in [2.45, 2.75) is 0 Å². The Kier molecular flexibility index (Phi) is 5.73. The number of para-hydroxylation sites is 1. The standard InChI is InChI=1S/C18H20ClN3O3/c19-17-3-1-2-4-18(17)25-14-13-20-9-11-21(12-10-20)15-5-7-16(8-6-15)22(23)24/h1-8H,9-14H2. The summed E-state index contributed by atoms with van der Waals surface area (Å²) in [5.74, 6) is 0.716. The van der Waals surface area contributed by atoms with E-state index in [1.54, 1.807) is 12.1 Å². The van der Waals surface area contributed by atoms with Gasteiger partial charge in [0.1, 0.15) is 12.4 Å². The predicted octanol–water partition coefficient (Wildman–Crippen LogP) is 3.45. The smallest absolute Gasteiger partial charge is 0.269 e. The molecule has 3 rings (SSSR count). The molecule has 2 aromatic rings. The molecular weight excluding hydrogens is 342 g/mol. The van der Waals surface area contributed by atoms with Crippen LogP contribution in [0.25, 0.3) is 0 Å². The molecule has 2 aromatic carbocycles. The van der Waals surface area contributed by atoms with Crippen molar-refractivity contribution < 1.29 is 9.66 Å². The third-order valence-electron chi connectivity index (χ3n) is 4.30. The van der Waals surface area contributed by atoms with Gasteiger partial charge in [-0.25, -0.2) is 0 Å². The number of halogens is 1. The summed E-state index contributed by atoms with van der Waals surface area (Å²) in [5.41, 5.74) is 1.15. The molecule has 0 radical (unpaired) electrons. The SMILES string of the molecule is O=[N+]([O-])c1ccc(N2CCN(CCOc3ccccc3Cl)CC2)cc1. The minimum Gasteiger partial charge on any atom is -0.491 e. The maximum atomic E-state index is 10.7. The fourth-order valence-electron chi connectivity index (χ4n) is 2.86. The van der Waals surface area contributed by atoms with Crippen molar-refractivity contribution >= 4 is 23.0 Å². The van der Waals surface area contributed by atoms with Gasteiger partial charge < -0.3 is 9.64 Å². The fourth-order valence-corrected chi connectivity index (χ4v) is 3.05. The van der Waals surface area contributed by atoms with Crippen molar-refractivity contribution in [1.82, 2.24) is 4.90 Å². The Labute approximate surface area is 151 Å². The Morgan fingerprint density at radius 3 is 2.36 bits per heavy atom. The number of nitrogens with zero attached hydrogens (tertiary/aromatic N) is 3. The number of non-ortho nitro benzene ring substituents is 1. The van der Waals surface area contributed by atoms with Crippen LogP contribution in [0.1, 0.15) is 0 Å². The first kappa shape index (κ1) is 17.5. The molecule has 0 unspecified atom stereocenters. The van der Waals surface area contributed by atoms with Crippen LogP contribution >= 0.6 is 11.6 Å². The summed E-state index contributed by atoms with van der Waals surface area (Å²) in [7, 11) is 0. The molecule has 1 heterocycles. The topological polar surface area (TPSA) is 58.9 Å². The monoisotopic (exact) mass is 361 g/mol. The molecule has 0 aliphatic carbocycles. The first-order valence-electron chi connectivity index (χ1n) is 8.22. The lowest BCUT2D eigenvalue weighted by Gasteiger charge is -2.36. The van der Waals surface area contributed by atoms with Crippen molar-refractivity contribution in [3.8, 4) is 5.75 Å². The Bertz CT molecular complexity index is 716. The molecule has 1 fully saturated rings. The molecule has 1 aliphatic heterocycles. The normalized spacial score (nSPS) is 15.2. The van der Waals surface area contributed by atoms with Gasteiger partial charge in [-0.15, -0.1) is 0 Å². The molecule has 7 heteroatoms. The molecule has 0 N–H and O–H groups in total. The molecule has 1 saturated heterocycles. The van der Waals surface area contributed by atoms with Crippen LogP contribution < -0.4 is 9.64 Å². The zero-order valence-corrected chi connectivity index (χ0v) is 14.6. The van der Waals surface area contributed by atoms with E-state index in [9.17, 15) is 10.1 Å². The number of benzene rings is 2. The summed E-state index contributed by atoms with van der Waals surface area (Å²) in [6, 6.07) is 14.2. The summed E-state index contributed by atoms with van der Waals surface area (Å²) in [6.45, 7) is 5.10. The van der Waals surface area contributed by atoms with E-state index < -0.39 is 0 Å². The molecule has 0 bridgehead atoms. The number of nitro benzene ring substituents is 1. The second-order valence-electron chi connectivity index (χ2n) is 5.88. The summed E-state index contributed by atoms with van der Waals surface area (Å²) in [6.07, 6.45) is 0. The van der Waals surface area contributed by atoms with Crippen molar-refractivity contribution in [3.63, 3.8) is 0 Å². The maximum Gasteiger partial charge on any atom is 0.269 e. The number of hydrogen-bond donors (Lipinski definition) is 0. The van der Waals surface area contributed by atoms with Gasteiger partial charge in [-0.3, -0.25) is 15.0 Å². The highest BCUT2D eigenvalue weighted by Gasteiger charge is 2.17. The molecular formula is C18H20ClN3O3. The van der Waals surface area contributed by atoms with Gasteiger partial charge in [0.2, 0.25) is 0 Å². The lowest BCUT2D eigenvalue weighted by atomic mass is 10.2. The highest BCUT2D eigenvalue weighted by Crippen LogP contribution is 2.23. The zero-order chi connectivity index (χ0) is 17.6. The van der Waals surface area contributed by atoms with E-state index >= 15 is 0 Å². The number of piperazine rings is 1. The highest BCUT2D eigenvalue weighted by molar-refractivity contribution is 6.32. The molecule has 1 aliphatic rings. The van der Waals surface area contributed by atoms with Gasteiger partial charge in [0, 0.05) is 50.5 Å². The van der Waals surface area contributed by atoms with Crippen LogP contribution in [-0.2, 0) is 0 Å². The van der Waals surface area contributed by atoms with E-state index in [4.69, 9.17) is 16.3 Å². The van der Waals surface area contributed by atoms with Crippen LogP contribution in [0.5, 0.6) is 5.75 Å². The van der Waals surface area contributed by atoms with Crippen molar-refractivity contribution in [2.24, 2.45) is 0 Å². The van der Waals surface area contributed by atoms with Gasteiger partial charge in [0.25, 0.3) is 5.69 Å². The van der Waals surface area contributed by atoms with Crippen LogP contribution in [0.3, 0.4) is 0 Å². The van der Waals surface area contributed by atoms with Gasteiger partial charge in [-0.05, 0) is 24.3 Å². The third-order valence-corrected chi connectivity index (χ3v) is 4.61. The molecule has 0 aromatic heterocycles. The zero-order valence-electron chi connectivity index (χ0n) is 13.8. The van der Waals surface area contributed by atoms with Crippen LogP contribution in [0.2, 0.25) is 5.02 Å². The summed E-state index contributed by atoms with van der Waals surface area (Å²) in [5, 5.41) is 11.4. The maximum absolute atomic E-state index is 10.7. The van der Waals surface area contributed by atoms with Gasteiger partial charge in [-0.1, -0.05) is 23.7 Å². The van der Waals surface area contributed by atoms with Gasteiger partial charge >= 0.3 is 0 Å². The van der Waals surface area contributed by atoms with Crippen molar-refractivity contribution in [1.29, 1.82) is 0 Å². The van der Waals surface area contributed by atoms with E-state index in [0.717, 1.165) is 38.4 Å². The Morgan fingerprint density at radius 2 is 1.72 bits per heavy atom. The Balaban J connectivity index is 1.44. The first-order chi connectivity index (χ1) is 12.1. The molecule has 0 amide bonds. The number of nitro groups is 1. The third kappa shape index (κ3) is 4.61. The van der Waals surface area contributed by atoms with Crippen LogP contribution in [-0.4, -0.2) is 49.2 Å². The minimum atomic E-state index is -0.374. The molecule has 0 saturated carbocycles. The summed E-state index contributed by atoms with van der Waals surface area (Å²) in [4.78, 5) is 14.9. The number of anilines is 1. The quantitative estimate of drug-likeness (QED) is 0.582. The first-order valence-corrected chi connectivity index (χ1v) is 8.60. The fraction of sp³-hybridized carbons (Fsp3) is 0.333. The molecule has 132 valence electrons. The average Bonchev–Trinajstić information content (AvgIpc) is 2.64. The van der Waals surface area contributed by atoms with Gasteiger partial charge in [-0.2, -0.15) is 0 Å². The molecule has 6 nitrogen and oxygen atoms in total. The molecule has 25 heavy (non-hydrogen) atoms. The van der Waals surface area contributed by atoms with E-state index in [0.29, 0.717) is 17.4 Å². The summed E-state index contributed by atoms with van der Waals surface area (Å²) < 4.78 is 5.74. The van der Waals surface area contributed by atoms with Gasteiger partial charge in [0.15, 0.2) is 0 Å². The second kappa shape index (κ2) is 8.18. The predicted molar refractivity (Wildman–Crippen MR) is 98.7 cm³/mol.